The lowest BCUT2D eigenvalue weighted by atomic mass is 9.96. The van der Waals surface area contributed by atoms with E-state index < -0.39 is 12.1 Å². The third-order valence-corrected chi connectivity index (χ3v) is 3.22. The zero-order valence-electron chi connectivity index (χ0n) is 9.74. The second-order valence-corrected chi connectivity index (χ2v) is 4.45. The number of nitrogens with two attached hydrogens (primary N) is 2. The summed E-state index contributed by atoms with van der Waals surface area (Å²) >= 11 is 0. The Balaban J connectivity index is 2.03. The summed E-state index contributed by atoms with van der Waals surface area (Å²) in [6.45, 7) is 0.668. The van der Waals surface area contributed by atoms with Crippen molar-refractivity contribution in [3.8, 4) is 0 Å². The molecule has 2 heterocycles. The summed E-state index contributed by atoms with van der Waals surface area (Å²) in [5.74, 6) is -0.410. The van der Waals surface area contributed by atoms with E-state index in [9.17, 15) is 13.2 Å². The molecule has 100 valence electrons. The van der Waals surface area contributed by atoms with E-state index in [4.69, 9.17) is 11.5 Å². The van der Waals surface area contributed by atoms with E-state index in [1.807, 2.05) is 0 Å². The minimum Gasteiger partial charge on any atom is -0.396 e. The van der Waals surface area contributed by atoms with Crippen molar-refractivity contribution in [3.05, 3.63) is 12.1 Å². The maximum atomic E-state index is 12.5. The van der Waals surface area contributed by atoms with Gasteiger partial charge in [-0.25, -0.2) is 4.98 Å². The Bertz CT molecular complexity index is 425. The van der Waals surface area contributed by atoms with Crippen LogP contribution in [0.5, 0.6) is 0 Å². The number of halogens is 3. The Morgan fingerprint density at radius 1 is 1.17 bits per heavy atom. The third-order valence-electron chi connectivity index (χ3n) is 3.22. The van der Waals surface area contributed by atoms with Crippen LogP contribution in [0.1, 0.15) is 12.8 Å². The zero-order valence-corrected chi connectivity index (χ0v) is 9.74. The van der Waals surface area contributed by atoms with E-state index in [1.165, 1.54) is 0 Å². The molecular formula is C11H15F3N4. The van der Waals surface area contributed by atoms with Crippen molar-refractivity contribution in [1.82, 2.24) is 4.98 Å². The summed E-state index contributed by atoms with van der Waals surface area (Å²) in [4.78, 5) is 5.88. The number of aromatic nitrogens is 1. The Morgan fingerprint density at radius 2 is 1.78 bits per heavy atom. The molecule has 0 aromatic carbocycles. The van der Waals surface area contributed by atoms with Gasteiger partial charge in [0.25, 0.3) is 0 Å². The first-order valence-corrected chi connectivity index (χ1v) is 5.71. The van der Waals surface area contributed by atoms with Gasteiger partial charge in [-0.15, -0.1) is 0 Å². The van der Waals surface area contributed by atoms with Crippen molar-refractivity contribution < 1.29 is 13.2 Å². The van der Waals surface area contributed by atoms with Crippen LogP contribution in [0.4, 0.5) is 30.5 Å². The monoisotopic (exact) mass is 260 g/mol. The molecule has 4 nitrogen and oxygen atoms in total. The van der Waals surface area contributed by atoms with Crippen LogP contribution in [0.3, 0.4) is 0 Å². The summed E-state index contributed by atoms with van der Waals surface area (Å²) < 4.78 is 37.6. The van der Waals surface area contributed by atoms with E-state index in [-0.39, 0.29) is 18.7 Å². The highest BCUT2D eigenvalue weighted by molar-refractivity contribution is 5.62. The fourth-order valence-electron chi connectivity index (χ4n) is 2.09. The molecule has 4 N–H and O–H groups in total. The van der Waals surface area contributed by atoms with E-state index in [0.29, 0.717) is 24.6 Å². The van der Waals surface area contributed by atoms with Gasteiger partial charge >= 0.3 is 6.18 Å². The molecule has 0 amide bonds. The van der Waals surface area contributed by atoms with Gasteiger partial charge in [-0.05, 0) is 25.0 Å². The molecule has 1 aliphatic heterocycles. The molecule has 1 aromatic heterocycles. The molecule has 0 aliphatic carbocycles. The van der Waals surface area contributed by atoms with E-state index >= 15 is 0 Å². The highest BCUT2D eigenvalue weighted by Gasteiger charge is 2.41. The van der Waals surface area contributed by atoms with Gasteiger partial charge in [0, 0.05) is 13.1 Å². The molecular weight excluding hydrogens is 245 g/mol. The van der Waals surface area contributed by atoms with Crippen LogP contribution in [0.2, 0.25) is 0 Å². The van der Waals surface area contributed by atoms with E-state index in [2.05, 4.69) is 4.98 Å². The van der Waals surface area contributed by atoms with Crippen LogP contribution in [-0.4, -0.2) is 24.2 Å². The number of alkyl halides is 3. The van der Waals surface area contributed by atoms with Gasteiger partial charge < -0.3 is 16.4 Å². The molecule has 0 saturated carbocycles. The van der Waals surface area contributed by atoms with Crippen molar-refractivity contribution in [2.75, 3.05) is 29.5 Å². The largest absolute Gasteiger partial charge is 0.396 e. The number of nitrogen functional groups attached to an aromatic ring is 2. The van der Waals surface area contributed by atoms with Crippen molar-refractivity contribution in [2.24, 2.45) is 5.92 Å². The molecule has 7 heteroatoms. The SMILES string of the molecule is Nc1ccc(N2CCC(C(F)(F)F)CC2)nc1N. The molecule has 0 unspecified atom stereocenters. The number of hydrogen-bond donors (Lipinski definition) is 2. The van der Waals surface area contributed by atoms with Crippen LogP contribution in [-0.2, 0) is 0 Å². The lowest BCUT2D eigenvalue weighted by Gasteiger charge is -2.33. The Morgan fingerprint density at radius 3 is 2.28 bits per heavy atom. The van der Waals surface area contributed by atoms with Gasteiger partial charge in [0.1, 0.15) is 11.6 Å². The number of piperidine rings is 1. The molecule has 0 atom stereocenters. The Labute approximate surface area is 103 Å². The average Bonchev–Trinajstić information content (AvgIpc) is 2.32. The Kier molecular flexibility index (Phi) is 3.23. The fraction of sp³-hybridized carbons (Fsp3) is 0.545. The molecule has 1 saturated heterocycles. The van der Waals surface area contributed by atoms with Crippen LogP contribution in [0, 0.1) is 5.92 Å². The molecule has 18 heavy (non-hydrogen) atoms. The quantitative estimate of drug-likeness (QED) is 0.810. The van der Waals surface area contributed by atoms with E-state index in [1.54, 1.807) is 17.0 Å². The Hall–Kier alpha value is -1.66. The zero-order chi connectivity index (χ0) is 13.3. The minimum atomic E-state index is -4.10. The third kappa shape index (κ3) is 2.60. The lowest BCUT2D eigenvalue weighted by Crippen LogP contribution is -2.39. The predicted octanol–water partition coefficient (Wildman–Crippen LogP) is 2.02. The second kappa shape index (κ2) is 4.55. The number of nitrogens with zero attached hydrogens (tertiary/aromatic N) is 2. The number of anilines is 3. The summed E-state index contributed by atoms with van der Waals surface area (Å²) in [5.41, 5.74) is 11.5. The second-order valence-electron chi connectivity index (χ2n) is 4.45. The van der Waals surface area contributed by atoms with Gasteiger partial charge in [-0.1, -0.05) is 0 Å². The first kappa shape index (κ1) is 12.8. The van der Waals surface area contributed by atoms with Crippen molar-refractivity contribution in [1.29, 1.82) is 0 Å². The molecule has 0 radical (unpaired) electrons. The smallest absolute Gasteiger partial charge is 0.391 e. The highest BCUT2D eigenvalue weighted by Crippen LogP contribution is 2.35. The maximum absolute atomic E-state index is 12.5. The molecule has 1 aromatic rings. The fourth-order valence-corrected chi connectivity index (χ4v) is 2.09. The standard InChI is InChI=1S/C11H15F3N4/c12-11(13,14)7-3-5-18(6-4-7)9-2-1-8(15)10(16)17-9/h1-2,7H,3-6,15H2,(H2,16,17). The van der Waals surface area contributed by atoms with Crippen LogP contribution in [0.25, 0.3) is 0 Å². The van der Waals surface area contributed by atoms with Gasteiger partial charge in [0.15, 0.2) is 0 Å². The summed E-state index contributed by atoms with van der Waals surface area (Å²) in [6.07, 6.45) is -3.91. The van der Waals surface area contributed by atoms with Crippen LogP contribution < -0.4 is 16.4 Å². The normalized spacial score (nSPS) is 18.1. The van der Waals surface area contributed by atoms with Gasteiger partial charge in [-0.2, -0.15) is 13.2 Å². The maximum Gasteiger partial charge on any atom is 0.391 e. The van der Waals surface area contributed by atoms with Gasteiger partial charge in [0.2, 0.25) is 0 Å². The predicted molar refractivity (Wildman–Crippen MR) is 64.1 cm³/mol. The number of rotatable bonds is 1. The summed E-state index contributed by atoms with van der Waals surface area (Å²) in [6, 6.07) is 3.30. The minimum absolute atomic E-state index is 0.0927. The molecule has 0 bridgehead atoms. The molecule has 2 rings (SSSR count). The van der Waals surface area contributed by atoms with Crippen molar-refractivity contribution in [2.45, 2.75) is 19.0 Å². The summed E-state index contributed by atoms with van der Waals surface area (Å²) in [5, 5.41) is 0. The highest BCUT2D eigenvalue weighted by atomic mass is 19.4. The first-order valence-electron chi connectivity index (χ1n) is 5.71. The van der Waals surface area contributed by atoms with Gasteiger partial charge in [-0.3, -0.25) is 0 Å². The molecule has 1 fully saturated rings. The first-order chi connectivity index (χ1) is 8.38. The van der Waals surface area contributed by atoms with Crippen molar-refractivity contribution in [3.63, 3.8) is 0 Å². The van der Waals surface area contributed by atoms with Crippen molar-refractivity contribution >= 4 is 17.3 Å². The van der Waals surface area contributed by atoms with Crippen LogP contribution in [0.15, 0.2) is 12.1 Å². The molecule has 0 spiro atoms. The lowest BCUT2D eigenvalue weighted by molar-refractivity contribution is -0.179. The van der Waals surface area contributed by atoms with Gasteiger partial charge in [0.05, 0.1) is 11.6 Å². The topological polar surface area (TPSA) is 68.2 Å². The van der Waals surface area contributed by atoms with E-state index in [0.717, 1.165) is 0 Å². The summed E-state index contributed by atoms with van der Waals surface area (Å²) in [7, 11) is 0. The number of pyridine rings is 1. The number of hydrogen-bond acceptors (Lipinski definition) is 4. The average molecular weight is 260 g/mol. The van der Waals surface area contributed by atoms with Crippen LogP contribution >= 0.6 is 0 Å². The molecule has 1 aliphatic rings.